The van der Waals surface area contributed by atoms with Gasteiger partial charge in [0.2, 0.25) is 0 Å². The summed E-state index contributed by atoms with van der Waals surface area (Å²) in [5.41, 5.74) is 1.35. The molecule has 0 spiro atoms. The number of aromatic nitrogens is 1. The Morgan fingerprint density at radius 1 is 0.727 bits per heavy atom. The van der Waals surface area contributed by atoms with Crippen LogP contribution < -0.4 is 4.72 Å². The summed E-state index contributed by atoms with van der Waals surface area (Å²) in [6.07, 6.45) is -8.31. The van der Waals surface area contributed by atoms with E-state index < -0.39 is 23.5 Å². The summed E-state index contributed by atoms with van der Waals surface area (Å²) in [5.74, 6) is -0.353. The highest BCUT2D eigenvalue weighted by molar-refractivity contribution is 7.98. The first-order valence-corrected chi connectivity index (χ1v) is 14.5. The van der Waals surface area contributed by atoms with Crippen LogP contribution in [0.1, 0.15) is 53.4 Å². The van der Waals surface area contributed by atoms with Crippen molar-refractivity contribution in [2.75, 3.05) is 0 Å². The molecule has 0 aliphatic heterocycles. The lowest BCUT2D eigenvalue weighted by Crippen LogP contribution is -2.15. The molecule has 5 aromatic rings. The van der Waals surface area contributed by atoms with E-state index >= 15 is 0 Å². The fraction of sp³-hybridized carbons (Fsp3) is 0.206. The van der Waals surface area contributed by atoms with Gasteiger partial charge in [0.15, 0.2) is 0 Å². The monoisotopic (exact) mass is 626 g/mol. The van der Waals surface area contributed by atoms with Gasteiger partial charge in [0.25, 0.3) is 5.91 Å². The van der Waals surface area contributed by atoms with Crippen molar-refractivity contribution in [2.45, 2.75) is 50.0 Å². The Kier molecular flexibility index (Phi) is 8.33. The molecule has 0 atom stereocenters. The Bertz CT molecular complexity index is 1800. The molecule has 10 heteroatoms. The van der Waals surface area contributed by atoms with Crippen molar-refractivity contribution < 1.29 is 31.1 Å². The van der Waals surface area contributed by atoms with E-state index in [1.165, 1.54) is 16.3 Å². The minimum atomic E-state index is -4.96. The quantitative estimate of drug-likeness (QED) is 0.150. The van der Waals surface area contributed by atoms with Crippen LogP contribution in [0.15, 0.2) is 102 Å². The molecule has 0 fully saturated rings. The molecule has 1 aromatic heterocycles. The van der Waals surface area contributed by atoms with Gasteiger partial charge in [-0.2, -0.15) is 26.3 Å². The van der Waals surface area contributed by atoms with Gasteiger partial charge in [-0.15, -0.1) is 0 Å². The Morgan fingerprint density at radius 2 is 1.34 bits per heavy atom. The number of fused-ring (bicyclic) bond motifs is 1. The molecule has 4 aromatic carbocycles. The minimum Gasteiger partial charge on any atom is -0.343 e. The number of nitrogens with one attached hydrogen (secondary N) is 1. The highest BCUT2D eigenvalue weighted by Crippen LogP contribution is 2.38. The number of carbonyl (C=O) groups excluding carboxylic acids is 1. The van der Waals surface area contributed by atoms with Gasteiger partial charge in [0, 0.05) is 34.1 Å². The van der Waals surface area contributed by atoms with E-state index in [1.807, 2.05) is 24.3 Å². The second-order valence-electron chi connectivity index (χ2n) is 11.5. The maximum absolute atomic E-state index is 13.6. The van der Waals surface area contributed by atoms with E-state index in [0.717, 1.165) is 34.0 Å². The molecule has 1 amide bonds. The lowest BCUT2D eigenvalue weighted by atomic mass is 9.86. The van der Waals surface area contributed by atoms with Crippen LogP contribution in [0.5, 0.6) is 0 Å². The molecule has 0 radical (unpaired) electrons. The van der Waals surface area contributed by atoms with Crippen LogP contribution in [0.3, 0.4) is 0 Å². The highest BCUT2D eigenvalue weighted by Gasteiger charge is 2.38. The predicted molar refractivity (Wildman–Crippen MR) is 161 cm³/mol. The molecule has 0 aliphatic rings. The molecular formula is C34H28F6N2OS. The summed E-state index contributed by atoms with van der Waals surface area (Å²) >= 11 is 1.16. The van der Waals surface area contributed by atoms with E-state index in [2.05, 4.69) is 49.8 Å². The predicted octanol–water partition coefficient (Wildman–Crippen LogP) is 10.1. The number of hydrogen-bond donors (Lipinski definition) is 1. The van der Waals surface area contributed by atoms with Gasteiger partial charge in [0.05, 0.1) is 11.1 Å². The summed E-state index contributed by atoms with van der Waals surface area (Å²) in [6.45, 7) is 6.20. The van der Waals surface area contributed by atoms with Crippen LogP contribution >= 0.6 is 11.9 Å². The van der Waals surface area contributed by atoms with Crippen molar-refractivity contribution in [3.63, 3.8) is 0 Å². The number of rotatable bonds is 6. The molecule has 0 saturated carbocycles. The molecule has 1 heterocycles. The van der Waals surface area contributed by atoms with Gasteiger partial charge in [-0.05, 0) is 88.1 Å². The van der Waals surface area contributed by atoms with Gasteiger partial charge in [-0.1, -0.05) is 63.2 Å². The molecule has 5 rings (SSSR count). The van der Waals surface area contributed by atoms with E-state index in [1.54, 1.807) is 24.3 Å². The molecule has 228 valence electrons. The number of halogens is 6. The summed E-state index contributed by atoms with van der Waals surface area (Å²) in [5, 5.41) is 0.602. The first kappa shape index (κ1) is 31.3. The Labute approximate surface area is 255 Å². The Hall–Kier alpha value is -4.18. The van der Waals surface area contributed by atoms with Crippen molar-refractivity contribution in [3.05, 3.63) is 125 Å². The molecule has 0 aliphatic carbocycles. The molecule has 0 unspecified atom stereocenters. The normalized spacial score (nSPS) is 12.5. The third-order valence-electron chi connectivity index (χ3n) is 7.32. The van der Waals surface area contributed by atoms with Gasteiger partial charge in [-0.25, -0.2) is 0 Å². The van der Waals surface area contributed by atoms with Crippen LogP contribution in [-0.4, -0.2) is 10.5 Å². The largest absolute Gasteiger partial charge is 0.416 e. The van der Waals surface area contributed by atoms with Crippen LogP contribution in [0.25, 0.3) is 22.0 Å². The lowest BCUT2D eigenvalue weighted by molar-refractivity contribution is -0.143. The van der Waals surface area contributed by atoms with E-state index in [9.17, 15) is 31.1 Å². The summed E-state index contributed by atoms with van der Waals surface area (Å²) in [6, 6.07) is 24.3. The van der Waals surface area contributed by atoms with Gasteiger partial charge in [0.1, 0.15) is 0 Å². The highest BCUT2D eigenvalue weighted by atomic mass is 32.2. The molecule has 3 nitrogen and oxygen atoms in total. The molecule has 0 saturated heterocycles. The van der Waals surface area contributed by atoms with Crippen LogP contribution in [-0.2, 0) is 24.3 Å². The van der Waals surface area contributed by atoms with Crippen LogP contribution in [0, 0.1) is 0 Å². The lowest BCUT2D eigenvalue weighted by Gasteiger charge is -2.19. The standard InChI is InChI=1S/C34H28F6N2OS/c1-32(2,3)26-10-4-21(5-11-26)22-7-13-28(14-8-22)44-41-31(43)24-9-15-30-23(18-24)16-17-42(30)20-25-6-12-27(33(35,36)37)19-29(25)34(38,39)40/h4-19H,20H2,1-3H3,(H,41,43). The van der Waals surface area contributed by atoms with Crippen molar-refractivity contribution in [1.82, 2.24) is 9.29 Å². The zero-order valence-corrected chi connectivity index (χ0v) is 24.8. The summed E-state index contributed by atoms with van der Waals surface area (Å²) < 4.78 is 84.3. The van der Waals surface area contributed by atoms with Crippen molar-refractivity contribution >= 4 is 28.8 Å². The first-order chi connectivity index (χ1) is 20.6. The van der Waals surface area contributed by atoms with Gasteiger partial charge in [-0.3, -0.25) is 9.52 Å². The van der Waals surface area contributed by atoms with E-state index in [0.29, 0.717) is 22.5 Å². The number of alkyl halides is 6. The molecule has 1 N–H and O–H groups in total. The number of carbonyl (C=O) groups is 1. The fourth-order valence-corrected chi connectivity index (χ4v) is 5.46. The first-order valence-electron chi connectivity index (χ1n) is 13.6. The van der Waals surface area contributed by atoms with Gasteiger partial charge >= 0.3 is 12.4 Å². The second-order valence-corrected chi connectivity index (χ2v) is 12.3. The fourth-order valence-electron chi connectivity index (χ4n) is 4.86. The van der Waals surface area contributed by atoms with Gasteiger partial charge < -0.3 is 4.57 Å². The Morgan fingerprint density at radius 3 is 1.93 bits per heavy atom. The maximum Gasteiger partial charge on any atom is 0.416 e. The van der Waals surface area contributed by atoms with Crippen LogP contribution in [0.4, 0.5) is 26.3 Å². The zero-order valence-electron chi connectivity index (χ0n) is 24.0. The average Bonchev–Trinajstić information content (AvgIpc) is 3.36. The van der Waals surface area contributed by atoms with Crippen molar-refractivity contribution in [2.24, 2.45) is 0 Å². The number of benzene rings is 4. The third-order valence-corrected chi connectivity index (χ3v) is 8.11. The maximum atomic E-state index is 13.6. The zero-order chi connectivity index (χ0) is 31.9. The van der Waals surface area contributed by atoms with E-state index in [4.69, 9.17) is 0 Å². The molecular weight excluding hydrogens is 598 g/mol. The number of hydrogen-bond acceptors (Lipinski definition) is 2. The second kappa shape index (κ2) is 11.7. The van der Waals surface area contributed by atoms with Crippen LogP contribution in [0.2, 0.25) is 0 Å². The third kappa shape index (κ3) is 6.96. The number of nitrogens with zero attached hydrogens (tertiary/aromatic N) is 1. The van der Waals surface area contributed by atoms with Crippen molar-refractivity contribution in [3.8, 4) is 11.1 Å². The molecule has 0 bridgehead atoms. The minimum absolute atomic E-state index is 0.0712. The molecule has 44 heavy (non-hydrogen) atoms. The SMILES string of the molecule is CC(C)(C)c1ccc(-c2ccc(SNC(=O)c3ccc4c(ccn4Cc4ccc(C(F)(F)F)cc4C(F)(F)F)c3)cc2)cc1. The van der Waals surface area contributed by atoms with E-state index in [-0.39, 0.29) is 29.5 Å². The van der Waals surface area contributed by atoms with Crippen molar-refractivity contribution in [1.29, 1.82) is 0 Å². The summed E-state index contributed by atoms with van der Waals surface area (Å²) in [4.78, 5) is 13.7. The summed E-state index contributed by atoms with van der Waals surface area (Å²) in [7, 11) is 0. The Balaban J connectivity index is 1.26. The topological polar surface area (TPSA) is 34.0 Å². The number of amides is 1. The average molecular weight is 627 g/mol. The smallest absolute Gasteiger partial charge is 0.343 e.